The fraction of sp³-hybridized carbons (Fsp3) is 0.882. The molecule has 126 valence electrons. The smallest absolute Gasteiger partial charge is 0.223 e. The van der Waals surface area contributed by atoms with Gasteiger partial charge >= 0.3 is 0 Å². The lowest BCUT2D eigenvalue weighted by molar-refractivity contribution is -0.123. The maximum atomic E-state index is 11.8. The zero-order valence-corrected chi connectivity index (χ0v) is 14.2. The molecular formula is C17H31N3O2. The molecule has 2 amide bonds. The Morgan fingerprint density at radius 3 is 2.64 bits per heavy atom. The second kappa shape index (κ2) is 7.95. The van der Waals surface area contributed by atoms with Gasteiger partial charge in [-0.2, -0.15) is 0 Å². The molecule has 2 rings (SSSR count). The van der Waals surface area contributed by atoms with Crippen molar-refractivity contribution in [2.75, 3.05) is 26.2 Å². The Balaban J connectivity index is 1.56. The van der Waals surface area contributed by atoms with Crippen LogP contribution >= 0.6 is 0 Å². The molecule has 0 unspecified atom stereocenters. The number of hydrogen-bond donors (Lipinski definition) is 2. The van der Waals surface area contributed by atoms with Gasteiger partial charge in [-0.25, -0.2) is 0 Å². The number of hydrogen-bond acceptors (Lipinski definition) is 3. The van der Waals surface area contributed by atoms with E-state index in [0.29, 0.717) is 31.5 Å². The molecule has 1 aliphatic heterocycles. The van der Waals surface area contributed by atoms with Gasteiger partial charge in [-0.05, 0) is 44.6 Å². The Labute approximate surface area is 134 Å². The summed E-state index contributed by atoms with van der Waals surface area (Å²) in [6.45, 7) is 9.96. The predicted octanol–water partition coefficient (Wildman–Crippen LogP) is 1.39. The van der Waals surface area contributed by atoms with Gasteiger partial charge in [0.25, 0.3) is 0 Å². The van der Waals surface area contributed by atoms with Crippen molar-refractivity contribution in [1.82, 2.24) is 15.5 Å². The van der Waals surface area contributed by atoms with E-state index in [1.807, 2.05) is 0 Å². The minimum atomic E-state index is 0.0288. The highest BCUT2D eigenvalue weighted by Crippen LogP contribution is 2.37. The monoisotopic (exact) mass is 309 g/mol. The van der Waals surface area contributed by atoms with E-state index in [-0.39, 0.29) is 17.7 Å². The molecule has 1 aliphatic carbocycles. The summed E-state index contributed by atoms with van der Waals surface area (Å²) in [7, 11) is 0. The van der Waals surface area contributed by atoms with Crippen LogP contribution in [0.3, 0.4) is 0 Å². The SMILES string of the molecule is C[C@@H]1CCCN([C@H](C)CNC(=O)CCNC(=O)[C@H]2C[C@@H]2C)C1. The van der Waals surface area contributed by atoms with E-state index in [2.05, 4.69) is 36.3 Å². The highest BCUT2D eigenvalue weighted by molar-refractivity contribution is 5.82. The molecule has 2 fully saturated rings. The fourth-order valence-corrected chi connectivity index (χ4v) is 3.22. The highest BCUT2D eigenvalue weighted by atomic mass is 16.2. The molecule has 5 heteroatoms. The summed E-state index contributed by atoms with van der Waals surface area (Å²) >= 11 is 0. The first kappa shape index (κ1) is 17.3. The number of carbonyl (C=O) groups excluding carboxylic acids is 2. The molecule has 0 bridgehead atoms. The largest absolute Gasteiger partial charge is 0.355 e. The van der Waals surface area contributed by atoms with Gasteiger partial charge in [-0.1, -0.05) is 13.8 Å². The van der Waals surface area contributed by atoms with Crippen LogP contribution in [0.1, 0.15) is 46.5 Å². The van der Waals surface area contributed by atoms with Gasteiger partial charge in [-0.15, -0.1) is 0 Å². The predicted molar refractivity (Wildman–Crippen MR) is 87.3 cm³/mol. The van der Waals surface area contributed by atoms with Crippen LogP contribution in [0.25, 0.3) is 0 Å². The highest BCUT2D eigenvalue weighted by Gasteiger charge is 2.38. The Morgan fingerprint density at radius 1 is 1.27 bits per heavy atom. The number of nitrogens with zero attached hydrogens (tertiary/aromatic N) is 1. The molecule has 0 spiro atoms. The van der Waals surface area contributed by atoms with Gasteiger partial charge in [0.1, 0.15) is 0 Å². The summed E-state index contributed by atoms with van der Waals surface area (Å²) < 4.78 is 0. The molecular weight excluding hydrogens is 278 g/mol. The summed E-state index contributed by atoms with van der Waals surface area (Å²) in [6.07, 6.45) is 3.93. The van der Waals surface area contributed by atoms with E-state index in [1.54, 1.807) is 0 Å². The van der Waals surface area contributed by atoms with Crippen molar-refractivity contribution >= 4 is 11.8 Å². The van der Waals surface area contributed by atoms with Crippen LogP contribution < -0.4 is 10.6 Å². The number of rotatable bonds is 7. The van der Waals surface area contributed by atoms with Gasteiger partial charge in [0, 0.05) is 38.0 Å². The zero-order chi connectivity index (χ0) is 16.1. The number of carbonyl (C=O) groups is 2. The Morgan fingerprint density at radius 2 is 2.00 bits per heavy atom. The van der Waals surface area contributed by atoms with Crippen molar-refractivity contribution in [2.24, 2.45) is 17.8 Å². The summed E-state index contributed by atoms with van der Waals surface area (Å²) in [5.74, 6) is 1.59. The maximum Gasteiger partial charge on any atom is 0.223 e. The van der Waals surface area contributed by atoms with Crippen LogP contribution in [0, 0.1) is 17.8 Å². The van der Waals surface area contributed by atoms with Gasteiger partial charge in [0.2, 0.25) is 11.8 Å². The van der Waals surface area contributed by atoms with Crippen LogP contribution in [0.4, 0.5) is 0 Å². The van der Waals surface area contributed by atoms with Gasteiger partial charge in [0.15, 0.2) is 0 Å². The fourth-order valence-electron chi connectivity index (χ4n) is 3.22. The lowest BCUT2D eigenvalue weighted by atomic mass is 9.99. The molecule has 0 aromatic rings. The average Bonchev–Trinajstić information content (AvgIpc) is 3.21. The van der Waals surface area contributed by atoms with E-state index in [9.17, 15) is 9.59 Å². The van der Waals surface area contributed by atoms with Crippen LogP contribution in [0.15, 0.2) is 0 Å². The number of amides is 2. The summed E-state index contributed by atoms with van der Waals surface area (Å²) in [5, 5.41) is 5.84. The van der Waals surface area contributed by atoms with E-state index in [0.717, 1.165) is 25.4 Å². The van der Waals surface area contributed by atoms with Crippen LogP contribution in [-0.2, 0) is 9.59 Å². The lowest BCUT2D eigenvalue weighted by Crippen LogP contribution is -2.46. The number of nitrogens with one attached hydrogen (secondary N) is 2. The summed E-state index contributed by atoms with van der Waals surface area (Å²) in [5.41, 5.74) is 0. The van der Waals surface area contributed by atoms with Crippen LogP contribution in [0.2, 0.25) is 0 Å². The Bertz CT molecular complexity index is 399. The number of likely N-dealkylation sites (tertiary alicyclic amines) is 1. The molecule has 0 aromatic carbocycles. The summed E-state index contributed by atoms with van der Waals surface area (Å²) in [6, 6.07) is 0.383. The normalized spacial score (nSPS) is 29.7. The van der Waals surface area contributed by atoms with Crippen molar-refractivity contribution in [3.05, 3.63) is 0 Å². The van der Waals surface area contributed by atoms with Crippen LogP contribution in [-0.4, -0.2) is 48.9 Å². The lowest BCUT2D eigenvalue weighted by Gasteiger charge is -2.35. The Hall–Kier alpha value is -1.10. The van der Waals surface area contributed by atoms with Crippen LogP contribution in [0.5, 0.6) is 0 Å². The minimum Gasteiger partial charge on any atom is -0.355 e. The van der Waals surface area contributed by atoms with Crippen molar-refractivity contribution in [1.29, 1.82) is 0 Å². The molecule has 0 aromatic heterocycles. The minimum absolute atomic E-state index is 0.0288. The van der Waals surface area contributed by atoms with Crippen molar-refractivity contribution < 1.29 is 9.59 Å². The van der Waals surface area contributed by atoms with Crippen molar-refractivity contribution in [3.63, 3.8) is 0 Å². The molecule has 1 saturated heterocycles. The van der Waals surface area contributed by atoms with E-state index in [4.69, 9.17) is 0 Å². The first-order chi connectivity index (χ1) is 10.5. The summed E-state index contributed by atoms with van der Waals surface area (Å²) in [4.78, 5) is 26.0. The van der Waals surface area contributed by atoms with E-state index in [1.165, 1.54) is 12.8 Å². The molecule has 22 heavy (non-hydrogen) atoms. The third kappa shape index (κ3) is 5.27. The first-order valence-corrected chi connectivity index (χ1v) is 8.75. The van der Waals surface area contributed by atoms with Gasteiger partial charge in [-0.3, -0.25) is 14.5 Å². The molecule has 1 saturated carbocycles. The molecule has 5 nitrogen and oxygen atoms in total. The quantitative estimate of drug-likeness (QED) is 0.747. The molecule has 2 N–H and O–H groups in total. The third-order valence-electron chi connectivity index (χ3n) is 5.00. The molecule has 4 atom stereocenters. The second-order valence-corrected chi connectivity index (χ2v) is 7.26. The van der Waals surface area contributed by atoms with E-state index >= 15 is 0 Å². The van der Waals surface area contributed by atoms with Crippen molar-refractivity contribution in [3.8, 4) is 0 Å². The topological polar surface area (TPSA) is 61.4 Å². The number of piperidine rings is 1. The average molecular weight is 309 g/mol. The molecule has 1 heterocycles. The Kier molecular flexibility index (Phi) is 6.24. The van der Waals surface area contributed by atoms with Gasteiger partial charge in [0.05, 0.1) is 0 Å². The third-order valence-corrected chi connectivity index (χ3v) is 5.00. The van der Waals surface area contributed by atoms with E-state index < -0.39 is 0 Å². The van der Waals surface area contributed by atoms with Gasteiger partial charge < -0.3 is 10.6 Å². The van der Waals surface area contributed by atoms with Crippen molar-refractivity contribution in [2.45, 2.75) is 52.5 Å². The first-order valence-electron chi connectivity index (χ1n) is 8.75. The maximum absolute atomic E-state index is 11.8. The standard InChI is InChI=1S/C17H31N3O2/c1-12-5-4-8-20(11-12)14(3)10-19-16(21)6-7-18-17(22)15-9-13(15)2/h12-15H,4-11H2,1-3H3,(H,18,22)(H,19,21)/t12-,13+,14-,15+/m1/s1. The zero-order valence-electron chi connectivity index (χ0n) is 14.2. The molecule has 0 radical (unpaired) electrons. The molecule has 2 aliphatic rings. The second-order valence-electron chi connectivity index (χ2n) is 7.26.